The zero-order chi connectivity index (χ0) is 30.0. The van der Waals surface area contributed by atoms with Gasteiger partial charge < -0.3 is 26.5 Å². The molecule has 5 N–H and O–H groups in total. The third kappa shape index (κ3) is 7.07. The number of sulfonamides is 1. The van der Waals surface area contributed by atoms with Gasteiger partial charge in [0.1, 0.15) is 5.82 Å². The van der Waals surface area contributed by atoms with Crippen molar-refractivity contribution in [3.8, 4) is 0 Å². The first kappa shape index (κ1) is 31.5. The molecule has 2 bridgehead atoms. The van der Waals surface area contributed by atoms with E-state index in [2.05, 4.69) is 10.6 Å². The summed E-state index contributed by atoms with van der Waals surface area (Å²) < 4.78 is 47.3. The van der Waals surface area contributed by atoms with Gasteiger partial charge in [-0.05, 0) is 82.4 Å². The minimum absolute atomic E-state index is 0.0387. The fraction of sp³-hybridized carbons (Fsp3) is 0.742. The molecule has 9 nitrogen and oxygen atoms in total. The molecular weight excluding hydrogens is 557 g/mol. The summed E-state index contributed by atoms with van der Waals surface area (Å²) in [6.45, 7) is 5.04. The molecule has 4 aliphatic rings. The van der Waals surface area contributed by atoms with Crippen LogP contribution < -0.4 is 16.4 Å². The van der Waals surface area contributed by atoms with Crippen LogP contribution in [0, 0.1) is 23.1 Å². The van der Waals surface area contributed by atoms with Crippen molar-refractivity contribution in [2.75, 3.05) is 18.8 Å². The molecule has 1 aromatic carbocycles. The molecule has 0 spiro atoms. The zero-order valence-corrected chi connectivity index (χ0v) is 25.8. The maximum atomic E-state index is 13.8. The first-order chi connectivity index (χ1) is 20.0. The molecular formula is C31H48FN5O4S. The molecule has 10 unspecified atom stereocenters. The zero-order valence-electron chi connectivity index (χ0n) is 24.9. The number of nitrogens with one attached hydrogen (secondary N) is 3. The van der Waals surface area contributed by atoms with Gasteiger partial charge >= 0.3 is 0 Å². The van der Waals surface area contributed by atoms with Gasteiger partial charge in [0.05, 0.1) is 24.0 Å². The van der Waals surface area contributed by atoms with Crippen molar-refractivity contribution in [1.82, 2.24) is 14.9 Å². The van der Waals surface area contributed by atoms with Crippen molar-refractivity contribution in [3.05, 3.63) is 35.6 Å². The molecule has 234 valence electrons. The van der Waals surface area contributed by atoms with Gasteiger partial charge in [-0.3, -0.25) is 4.79 Å². The number of piperazine rings is 1. The van der Waals surface area contributed by atoms with Crippen molar-refractivity contribution in [1.29, 1.82) is 5.41 Å². The van der Waals surface area contributed by atoms with E-state index in [9.17, 15) is 17.6 Å². The Hall–Kier alpha value is -1.92. The summed E-state index contributed by atoms with van der Waals surface area (Å²) in [5.41, 5.74) is 7.90. The Morgan fingerprint density at radius 2 is 1.90 bits per heavy atom. The second-order valence-corrected chi connectivity index (χ2v) is 15.1. The highest BCUT2D eigenvalue weighted by Gasteiger charge is 2.42. The Kier molecular flexibility index (Phi) is 10.0. The van der Waals surface area contributed by atoms with Crippen LogP contribution in [-0.4, -0.2) is 79.6 Å². The van der Waals surface area contributed by atoms with E-state index in [4.69, 9.17) is 15.9 Å². The van der Waals surface area contributed by atoms with E-state index in [0.717, 1.165) is 50.5 Å². The van der Waals surface area contributed by atoms with E-state index < -0.39 is 22.0 Å². The summed E-state index contributed by atoms with van der Waals surface area (Å²) in [6, 6.07) is 5.34. The van der Waals surface area contributed by atoms with E-state index in [-0.39, 0.29) is 59.6 Å². The first-order valence-corrected chi connectivity index (χ1v) is 17.4. The van der Waals surface area contributed by atoms with Gasteiger partial charge in [0.2, 0.25) is 15.9 Å². The Labute approximate surface area is 250 Å². The van der Waals surface area contributed by atoms with E-state index in [1.54, 1.807) is 16.4 Å². The van der Waals surface area contributed by atoms with Crippen molar-refractivity contribution in [2.45, 2.75) is 114 Å². The van der Waals surface area contributed by atoms with Gasteiger partial charge in [0.25, 0.3) is 0 Å². The predicted molar refractivity (Wildman–Crippen MR) is 161 cm³/mol. The smallest absolute Gasteiger partial charge is 0.237 e. The normalized spacial score (nSPS) is 36.4. The molecule has 0 radical (unpaired) electrons. The number of rotatable bonds is 8. The highest BCUT2D eigenvalue weighted by molar-refractivity contribution is 7.89. The Bertz CT molecular complexity index is 1210. The van der Waals surface area contributed by atoms with Gasteiger partial charge in [-0.1, -0.05) is 25.0 Å². The van der Waals surface area contributed by atoms with Crippen molar-refractivity contribution < 1.29 is 22.3 Å². The molecule has 1 aliphatic carbocycles. The lowest BCUT2D eigenvalue weighted by atomic mass is 9.73. The summed E-state index contributed by atoms with van der Waals surface area (Å²) in [5.74, 6) is -0.926. The topological polar surface area (TPSA) is 138 Å². The summed E-state index contributed by atoms with van der Waals surface area (Å²) in [7, 11) is -3.24. The fourth-order valence-corrected chi connectivity index (χ4v) is 9.62. The van der Waals surface area contributed by atoms with Crippen LogP contribution in [0.2, 0.25) is 0 Å². The van der Waals surface area contributed by atoms with Gasteiger partial charge in [0.15, 0.2) is 0 Å². The number of halogens is 1. The second kappa shape index (κ2) is 13.4. The maximum Gasteiger partial charge on any atom is 0.237 e. The first-order valence-electron chi connectivity index (χ1n) is 15.8. The lowest BCUT2D eigenvalue weighted by Gasteiger charge is -2.41. The molecule has 42 heavy (non-hydrogen) atoms. The number of carbonyl (C=O) groups is 1. The number of nitrogens with two attached hydrogens (primary N) is 1. The van der Waals surface area contributed by atoms with Gasteiger partial charge in [-0.25, -0.2) is 12.8 Å². The number of nitrogens with zero attached hydrogens (tertiary/aromatic N) is 1. The van der Waals surface area contributed by atoms with Gasteiger partial charge in [0, 0.05) is 48.8 Å². The third-order valence-corrected chi connectivity index (χ3v) is 12.1. The van der Waals surface area contributed by atoms with Crippen LogP contribution in [0.5, 0.6) is 0 Å². The molecule has 3 saturated heterocycles. The van der Waals surface area contributed by atoms with E-state index in [1.807, 2.05) is 13.8 Å². The molecule has 10 atom stereocenters. The quantitative estimate of drug-likeness (QED) is 0.359. The highest BCUT2D eigenvalue weighted by atomic mass is 32.2. The number of fused-ring (bicyclic) bond motifs is 2. The van der Waals surface area contributed by atoms with Crippen LogP contribution in [0.15, 0.2) is 24.3 Å². The van der Waals surface area contributed by atoms with E-state index in [1.165, 1.54) is 12.1 Å². The molecule has 0 aromatic heterocycles. The Morgan fingerprint density at radius 3 is 2.67 bits per heavy atom. The Balaban J connectivity index is 1.28. The van der Waals surface area contributed by atoms with Crippen LogP contribution in [-0.2, 0) is 19.6 Å². The van der Waals surface area contributed by atoms with Crippen molar-refractivity contribution in [3.63, 3.8) is 0 Å². The largest absolute Gasteiger partial charge is 0.370 e. The number of amides is 1. The summed E-state index contributed by atoms with van der Waals surface area (Å²) in [4.78, 5) is 13.8. The fourth-order valence-electron chi connectivity index (χ4n) is 7.81. The van der Waals surface area contributed by atoms with Gasteiger partial charge in [-0.15, -0.1) is 0 Å². The third-order valence-electron chi connectivity index (χ3n) is 10.1. The number of carbonyl (C=O) groups excluding carboxylic acids is 1. The highest BCUT2D eigenvalue weighted by Crippen LogP contribution is 2.37. The summed E-state index contributed by atoms with van der Waals surface area (Å²) in [6.07, 6.45) is 7.24. The number of ether oxygens (including phenoxy) is 1. The van der Waals surface area contributed by atoms with Crippen molar-refractivity contribution >= 4 is 21.6 Å². The van der Waals surface area contributed by atoms with Crippen LogP contribution in [0.3, 0.4) is 0 Å². The second-order valence-electron chi connectivity index (χ2n) is 13.0. The average Bonchev–Trinajstić information content (AvgIpc) is 3.07. The molecule has 1 aromatic rings. The number of benzene rings is 1. The lowest BCUT2D eigenvalue weighted by Crippen LogP contribution is -2.57. The molecule has 1 amide bonds. The van der Waals surface area contributed by atoms with E-state index >= 15 is 0 Å². The van der Waals surface area contributed by atoms with Crippen LogP contribution >= 0.6 is 0 Å². The number of hydrogen-bond acceptors (Lipinski definition) is 7. The molecule has 5 rings (SSSR count). The monoisotopic (exact) mass is 605 g/mol. The molecule has 3 aliphatic heterocycles. The minimum atomic E-state index is -3.24. The maximum absolute atomic E-state index is 13.8. The van der Waals surface area contributed by atoms with E-state index in [0.29, 0.717) is 31.6 Å². The standard InChI is InChI=1S/C31H48FN5O4S/c1-19-16-26(29(33)20(2)41-19)28(22-9-12-23(32)13-10-22)30(34)31(38)36-27-8-4-3-6-21(27)11-14-25-17-35-24-7-5-15-42(39,40)37(25)18-24/h9-10,12-13,19-21,24-28,30,33,35H,3-8,11,14-18,34H2,1-2H3,(H,36,38). The molecule has 4 fully saturated rings. The average molecular weight is 606 g/mol. The summed E-state index contributed by atoms with van der Waals surface area (Å²) >= 11 is 0. The lowest BCUT2D eigenvalue weighted by molar-refractivity contribution is -0.124. The minimum Gasteiger partial charge on any atom is -0.370 e. The molecule has 11 heteroatoms. The summed E-state index contributed by atoms with van der Waals surface area (Å²) in [5, 5.41) is 15.6. The van der Waals surface area contributed by atoms with Crippen LogP contribution in [0.25, 0.3) is 0 Å². The predicted octanol–water partition coefficient (Wildman–Crippen LogP) is 3.29. The number of hydrogen-bond donors (Lipinski definition) is 4. The van der Waals surface area contributed by atoms with Crippen LogP contribution in [0.4, 0.5) is 4.39 Å². The Morgan fingerprint density at radius 1 is 1.17 bits per heavy atom. The SMILES string of the molecule is CC1CC(C(c2ccc(F)cc2)C(N)C(=O)NC2CCCCC2CCC2CNC3CCCS(=O)(=O)N2C3)C(=N)C(C)O1. The van der Waals surface area contributed by atoms with Crippen molar-refractivity contribution in [2.24, 2.45) is 17.6 Å². The van der Waals surface area contributed by atoms with Gasteiger partial charge in [-0.2, -0.15) is 4.31 Å². The molecule has 1 saturated carbocycles. The molecule has 3 heterocycles. The van der Waals surface area contributed by atoms with Crippen LogP contribution in [0.1, 0.15) is 83.1 Å².